The molecule has 3 heteroatoms. The van der Waals surface area contributed by atoms with Crippen molar-refractivity contribution in [2.24, 2.45) is 5.73 Å². The molecule has 0 spiro atoms. The third-order valence-electron chi connectivity index (χ3n) is 3.60. The van der Waals surface area contributed by atoms with E-state index in [2.05, 4.69) is 57.8 Å². The van der Waals surface area contributed by atoms with E-state index in [0.717, 1.165) is 17.1 Å². The van der Waals surface area contributed by atoms with Crippen LogP contribution in [0, 0.1) is 27.7 Å². The third kappa shape index (κ3) is 3.04. The molecule has 0 amide bonds. The van der Waals surface area contributed by atoms with E-state index in [-0.39, 0.29) is 5.54 Å². The summed E-state index contributed by atoms with van der Waals surface area (Å²) in [7, 11) is 0. The zero-order valence-electron chi connectivity index (χ0n) is 12.4. The number of hydrogen-bond acceptors (Lipinski definition) is 3. The highest BCUT2D eigenvalue weighted by atomic mass is 32.1. The molecule has 1 atom stereocenters. The van der Waals surface area contributed by atoms with Crippen LogP contribution in [0.1, 0.15) is 39.2 Å². The highest BCUT2D eigenvalue weighted by molar-refractivity contribution is 7.11. The minimum Gasteiger partial charge on any atom is -0.321 e. The van der Waals surface area contributed by atoms with Crippen molar-refractivity contribution in [3.8, 4) is 0 Å². The molecule has 0 aliphatic heterocycles. The van der Waals surface area contributed by atoms with Crippen LogP contribution in [0.4, 0.5) is 0 Å². The van der Waals surface area contributed by atoms with Crippen LogP contribution in [-0.4, -0.2) is 4.98 Å². The lowest BCUT2D eigenvalue weighted by atomic mass is 9.86. The van der Waals surface area contributed by atoms with Crippen molar-refractivity contribution in [3.05, 3.63) is 50.5 Å². The Labute approximate surface area is 119 Å². The zero-order chi connectivity index (χ0) is 14.2. The van der Waals surface area contributed by atoms with Gasteiger partial charge in [0.25, 0.3) is 0 Å². The number of nitrogens with zero attached hydrogens (tertiary/aromatic N) is 1. The molecule has 0 bridgehead atoms. The van der Waals surface area contributed by atoms with Gasteiger partial charge in [0.1, 0.15) is 0 Å². The fraction of sp³-hybridized carbons (Fsp3) is 0.438. The van der Waals surface area contributed by atoms with Crippen LogP contribution in [0.15, 0.2) is 18.2 Å². The number of hydrogen-bond donors (Lipinski definition) is 1. The van der Waals surface area contributed by atoms with E-state index in [9.17, 15) is 0 Å². The predicted molar refractivity (Wildman–Crippen MR) is 82.7 cm³/mol. The molecule has 19 heavy (non-hydrogen) atoms. The van der Waals surface area contributed by atoms with E-state index in [1.54, 1.807) is 11.3 Å². The largest absolute Gasteiger partial charge is 0.321 e. The van der Waals surface area contributed by atoms with Gasteiger partial charge in [0.2, 0.25) is 0 Å². The molecule has 1 heterocycles. The van der Waals surface area contributed by atoms with Crippen LogP contribution in [0.2, 0.25) is 0 Å². The molecule has 0 radical (unpaired) electrons. The van der Waals surface area contributed by atoms with Crippen LogP contribution in [0.3, 0.4) is 0 Å². The van der Waals surface area contributed by atoms with Gasteiger partial charge in [0.15, 0.2) is 0 Å². The maximum absolute atomic E-state index is 6.57. The Kier molecular flexibility index (Phi) is 3.79. The molecule has 0 aliphatic carbocycles. The molecule has 0 saturated carbocycles. The van der Waals surface area contributed by atoms with Crippen molar-refractivity contribution in [2.75, 3.05) is 0 Å². The lowest BCUT2D eigenvalue weighted by Gasteiger charge is -2.26. The van der Waals surface area contributed by atoms with Gasteiger partial charge in [-0.2, -0.15) is 0 Å². The first-order valence-corrected chi connectivity index (χ1v) is 7.41. The van der Waals surface area contributed by atoms with Crippen molar-refractivity contribution in [1.29, 1.82) is 0 Å². The maximum atomic E-state index is 6.57. The Bertz CT molecular complexity index is 577. The molecule has 2 rings (SSSR count). The molecule has 1 aromatic heterocycles. The van der Waals surface area contributed by atoms with Gasteiger partial charge >= 0.3 is 0 Å². The summed E-state index contributed by atoms with van der Waals surface area (Å²) in [6.07, 6.45) is 0.788. The predicted octanol–water partition coefficient (Wildman–Crippen LogP) is 3.79. The molecular formula is C16H22N2S. The van der Waals surface area contributed by atoms with Gasteiger partial charge in [0, 0.05) is 16.8 Å². The lowest BCUT2D eigenvalue weighted by Crippen LogP contribution is -2.36. The van der Waals surface area contributed by atoms with Crippen molar-refractivity contribution in [1.82, 2.24) is 4.98 Å². The Hall–Kier alpha value is -1.19. The van der Waals surface area contributed by atoms with Crippen molar-refractivity contribution < 1.29 is 0 Å². The van der Waals surface area contributed by atoms with E-state index >= 15 is 0 Å². The van der Waals surface area contributed by atoms with Crippen LogP contribution in [0.5, 0.6) is 0 Å². The molecule has 2 nitrogen and oxygen atoms in total. The van der Waals surface area contributed by atoms with Crippen LogP contribution in [0.25, 0.3) is 0 Å². The van der Waals surface area contributed by atoms with Gasteiger partial charge in [-0.3, -0.25) is 0 Å². The van der Waals surface area contributed by atoms with Gasteiger partial charge in [0.05, 0.1) is 10.7 Å². The number of thiazole rings is 1. The van der Waals surface area contributed by atoms with E-state index in [4.69, 9.17) is 5.73 Å². The van der Waals surface area contributed by atoms with Crippen LogP contribution >= 0.6 is 11.3 Å². The molecule has 1 unspecified atom stereocenters. The minimum atomic E-state index is -0.368. The summed E-state index contributed by atoms with van der Waals surface area (Å²) in [4.78, 5) is 5.90. The minimum absolute atomic E-state index is 0.368. The molecule has 0 fully saturated rings. The zero-order valence-corrected chi connectivity index (χ0v) is 13.2. The summed E-state index contributed by atoms with van der Waals surface area (Å²) in [5.74, 6) is 0. The quantitative estimate of drug-likeness (QED) is 0.924. The molecule has 0 aliphatic rings. The normalized spacial score (nSPS) is 14.4. The SMILES string of the molecule is Cc1ccc(C)c(C(C)(N)Cc2nc(C)c(C)s2)c1. The van der Waals surface area contributed by atoms with Gasteiger partial charge in [-0.05, 0) is 45.7 Å². The third-order valence-corrected chi connectivity index (χ3v) is 4.67. The average molecular weight is 274 g/mol. The summed E-state index contributed by atoms with van der Waals surface area (Å²) < 4.78 is 0. The average Bonchev–Trinajstić information content (AvgIpc) is 2.60. The van der Waals surface area contributed by atoms with Crippen LogP contribution < -0.4 is 5.73 Å². The lowest BCUT2D eigenvalue weighted by molar-refractivity contribution is 0.487. The van der Waals surface area contributed by atoms with Gasteiger partial charge in [-0.1, -0.05) is 23.8 Å². The van der Waals surface area contributed by atoms with Gasteiger partial charge in [-0.25, -0.2) is 4.98 Å². The first kappa shape index (κ1) is 14.2. The summed E-state index contributed by atoms with van der Waals surface area (Å²) >= 11 is 1.75. The summed E-state index contributed by atoms with van der Waals surface area (Å²) in [6, 6.07) is 6.48. The summed E-state index contributed by atoms with van der Waals surface area (Å²) in [5.41, 5.74) is 11.0. The van der Waals surface area contributed by atoms with E-state index in [0.29, 0.717) is 0 Å². The highest BCUT2D eigenvalue weighted by Crippen LogP contribution is 2.29. The summed E-state index contributed by atoms with van der Waals surface area (Å²) in [6.45, 7) is 10.5. The molecular weight excluding hydrogens is 252 g/mol. The number of aromatic nitrogens is 1. The fourth-order valence-electron chi connectivity index (χ4n) is 2.38. The second-order valence-electron chi connectivity index (χ2n) is 5.66. The standard InChI is InChI=1S/C16H22N2S/c1-10-6-7-11(2)14(8-10)16(5,17)9-15-18-12(3)13(4)19-15/h6-8H,9,17H2,1-5H3. The van der Waals surface area contributed by atoms with E-state index in [1.807, 2.05) is 0 Å². The van der Waals surface area contributed by atoms with Gasteiger partial charge in [-0.15, -0.1) is 11.3 Å². The monoisotopic (exact) mass is 274 g/mol. The second kappa shape index (κ2) is 5.06. The molecule has 0 saturated heterocycles. The molecule has 1 aromatic carbocycles. The van der Waals surface area contributed by atoms with E-state index in [1.165, 1.54) is 21.6 Å². The van der Waals surface area contributed by atoms with Crippen molar-refractivity contribution in [2.45, 2.75) is 46.6 Å². The van der Waals surface area contributed by atoms with Crippen LogP contribution in [-0.2, 0) is 12.0 Å². The fourth-order valence-corrected chi connectivity index (χ4v) is 3.48. The Balaban J connectivity index is 2.33. The Morgan fingerprint density at radius 3 is 2.47 bits per heavy atom. The summed E-state index contributed by atoms with van der Waals surface area (Å²) in [5, 5.41) is 1.13. The van der Waals surface area contributed by atoms with Crippen molar-refractivity contribution in [3.63, 3.8) is 0 Å². The Morgan fingerprint density at radius 2 is 1.89 bits per heavy atom. The second-order valence-corrected chi connectivity index (χ2v) is 6.95. The Morgan fingerprint density at radius 1 is 1.21 bits per heavy atom. The van der Waals surface area contributed by atoms with Gasteiger partial charge < -0.3 is 5.73 Å². The first-order valence-electron chi connectivity index (χ1n) is 6.59. The number of benzene rings is 1. The first-order chi connectivity index (χ1) is 8.79. The topological polar surface area (TPSA) is 38.9 Å². The smallest absolute Gasteiger partial charge is 0.0952 e. The maximum Gasteiger partial charge on any atom is 0.0952 e. The number of aryl methyl sites for hydroxylation is 4. The van der Waals surface area contributed by atoms with Crippen molar-refractivity contribution >= 4 is 11.3 Å². The highest BCUT2D eigenvalue weighted by Gasteiger charge is 2.25. The molecule has 2 N–H and O–H groups in total. The molecule has 102 valence electrons. The molecule has 2 aromatic rings. The number of nitrogens with two attached hydrogens (primary N) is 1. The van der Waals surface area contributed by atoms with E-state index < -0.39 is 0 Å². The number of rotatable bonds is 3.